The zero-order valence-electron chi connectivity index (χ0n) is 6.61. The second kappa shape index (κ2) is 5.70. The number of carbonyl (C=O) groups excluding carboxylic acids is 1. The zero-order chi connectivity index (χ0) is 10.5. The molecule has 0 aromatic heterocycles. The van der Waals surface area contributed by atoms with E-state index in [2.05, 4.69) is 16.0 Å². The van der Waals surface area contributed by atoms with Crippen molar-refractivity contribution in [2.45, 2.75) is 9.96 Å². The van der Waals surface area contributed by atoms with Gasteiger partial charge in [0.2, 0.25) is 10.2 Å². The van der Waals surface area contributed by atoms with Crippen LogP contribution in [0.3, 0.4) is 0 Å². The van der Waals surface area contributed by atoms with Crippen LogP contribution >= 0.6 is 47.0 Å². The van der Waals surface area contributed by atoms with Crippen molar-refractivity contribution in [3.63, 3.8) is 0 Å². The number of alkyl halides is 3. The van der Waals surface area contributed by atoms with Crippen molar-refractivity contribution in [2.24, 2.45) is 0 Å². The van der Waals surface area contributed by atoms with Crippen LogP contribution in [0, 0.1) is 0 Å². The van der Waals surface area contributed by atoms with E-state index in [9.17, 15) is 4.79 Å². The lowest BCUT2D eigenvalue weighted by Crippen LogP contribution is -2.54. The summed E-state index contributed by atoms with van der Waals surface area (Å²) >= 11 is 21.4. The molecular weight excluding hydrogens is 257 g/mol. The second-order valence-corrected chi connectivity index (χ2v) is 4.76. The molecule has 0 saturated carbocycles. The van der Waals surface area contributed by atoms with E-state index in [0.717, 1.165) is 0 Å². The van der Waals surface area contributed by atoms with Crippen LogP contribution in [0.2, 0.25) is 0 Å². The molecule has 8 heteroatoms. The van der Waals surface area contributed by atoms with Gasteiger partial charge < -0.3 is 16.0 Å². The largest absolute Gasteiger partial charge is 0.366 e. The van der Waals surface area contributed by atoms with Crippen molar-refractivity contribution < 1.29 is 4.79 Å². The van der Waals surface area contributed by atoms with Crippen LogP contribution in [-0.2, 0) is 4.79 Å². The van der Waals surface area contributed by atoms with Gasteiger partial charge in [0.05, 0.1) is 0 Å². The third-order valence-electron chi connectivity index (χ3n) is 1.06. The smallest absolute Gasteiger partial charge is 0.228 e. The van der Waals surface area contributed by atoms with Crippen molar-refractivity contribution in [3.05, 3.63) is 0 Å². The fourth-order valence-electron chi connectivity index (χ4n) is 0.489. The van der Waals surface area contributed by atoms with E-state index in [-0.39, 0.29) is 5.11 Å². The van der Waals surface area contributed by atoms with E-state index in [4.69, 9.17) is 47.0 Å². The molecule has 0 bridgehead atoms. The molecule has 1 unspecified atom stereocenters. The van der Waals surface area contributed by atoms with Crippen LogP contribution in [0.25, 0.3) is 0 Å². The Morgan fingerprint density at radius 3 is 2.38 bits per heavy atom. The quantitative estimate of drug-likeness (QED) is 0.301. The zero-order valence-corrected chi connectivity index (χ0v) is 9.69. The van der Waals surface area contributed by atoms with Gasteiger partial charge in [-0.15, -0.1) is 0 Å². The average molecular weight is 265 g/mol. The summed E-state index contributed by atoms with van der Waals surface area (Å²) in [7, 11) is 1.60. The van der Waals surface area contributed by atoms with Crippen LogP contribution in [0.15, 0.2) is 0 Å². The molecule has 0 aromatic rings. The number of carbonyl (C=O) groups is 1. The Hall–Kier alpha value is 0.0300. The number of thiocarbonyl (C=S) groups is 1. The van der Waals surface area contributed by atoms with E-state index in [1.165, 1.54) is 0 Å². The Morgan fingerprint density at radius 1 is 1.54 bits per heavy atom. The van der Waals surface area contributed by atoms with Crippen molar-refractivity contribution in [2.75, 3.05) is 7.05 Å². The summed E-state index contributed by atoms with van der Waals surface area (Å²) in [5.41, 5.74) is 0. The van der Waals surface area contributed by atoms with Crippen LogP contribution < -0.4 is 16.0 Å². The van der Waals surface area contributed by atoms with Gasteiger partial charge >= 0.3 is 0 Å². The van der Waals surface area contributed by atoms with Crippen LogP contribution in [0.5, 0.6) is 0 Å². The van der Waals surface area contributed by atoms with Crippen molar-refractivity contribution in [3.8, 4) is 0 Å². The molecule has 3 N–H and O–H groups in total. The first-order chi connectivity index (χ1) is 5.91. The number of rotatable bonds is 3. The summed E-state index contributed by atoms with van der Waals surface area (Å²) in [6, 6.07) is 0. The van der Waals surface area contributed by atoms with E-state index >= 15 is 0 Å². The molecule has 1 amide bonds. The maximum atomic E-state index is 10.1. The summed E-state index contributed by atoms with van der Waals surface area (Å²) < 4.78 is -1.66. The minimum atomic E-state index is -1.66. The summed E-state index contributed by atoms with van der Waals surface area (Å²) in [5.74, 6) is 0. The summed E-state index contributed by atoms with van der Waals surface area (Å²) in [6.45, 7) is 0. The molecule has 0 spiro atoms. The second-order valence-electron chi connectivity index (χ2n) is 1.98. The highest BCUT2D eigenvalue weighted by Crippen LogP contribution is 2.28. The van der Waals surface area contributed by atoms with Gasteiger partial charge in [-0.1, -0.05) is 34.8 Å². The first-order valence-electron chi connectivity index (χ1n) is 3.16. The Kier molecular flexibility index (Phi) is 5.71. The van der Waals surface area contributed by atoms with Crippen LogP contribution in [0.4, 0.5) is 0 Å². The minimum absolute atomic E-state index is 0.269. The van der Waals surface area contributed by atoms with Gasteiger partial charge in [0.25, 0.3) is 0 Å². The standard InChI is InChI=1S/C5H8Cl3N3OS/c1-9-4(13)11-3(10-2-12)5(6,7)8/h2-3H,1H3,(H,10,12)(H2,9,11,13). The number of hydrogen-bond donors (Lipinski definition) is 3. The molecule has 0 aromatic carbocycles. The van der Waals surface area contributed by atoms with E-state index in [1.54, 1.807) is 7.05 Å². The maximum absolute atomic E-state index is 10.1. The number of halogens is 3. The molecule has 1 atom stereocenters. The number of nitrogens with one attached hydrogen (secondary N) is 3. The first kappa shape index (κ1) is 13.0. The Bertz CT molecular complexity index is 196. The third-order valence-corrected chi connectivity index (χ3v) is 2.04. The topological polar surface area (TPSA) is 53.2 Å². The van der Waals surface area contributed by atoms with E-state index < -0.39 is 9.96 Å². The van der Waals surface area contributed by atoms with E-state index in [1.807, 2.05) is 0 Å². The molecule has 76 valence electrons. The lowest BCUT2D eigenvalue weighted by molar-refractivity contribution is -0.110. The molecule has 0 aliphatic carbocycles. The van der Waals surface area contributed by atoms with Crippen molar-refractivity contribution >= 4 is 58.5 Å². The third kappa shape index (κ3) is 5.36. The number of hydrogen-bond acceptors (Lipinski definition) is 2. The molecule has 0 heterocycles. The molecule has 0 saturated heterocycles. The molecule has 0 aliphatic rings. The fraction of sp³-hybridized carbons (Fsp3) is 0.600. The van der Waals surface area contributed by atoms with Crippen molar-refractivity contribution in [1.29, 1.82) is 0 Å². The fourth-order valence-corrected chi connectivity index (χ4v) is 0.960. The first-order valence-corrected chi connectivity index (χ1v) is 4.70. The predicted octanol–water partition coefficient (Wildman–Crippen LogP) is 0.523. The molecule has 0 fully saturated rings. The predicted molar refractivity (Wildman–Crippen MR) is 58.1 cm³/mol. The highest BCUT2D eigenvalue weighted by Gasteiger charge is 2.32. The highest BCUT2D eigenvalue weighted by molar-refractivity contribution is 7.80. The maximum Gasteiger partial charge on any atom is 0.228 e. The highest BCUT2D eigenvalue weighted by atomic mass is 35.6. The summed E-state index contributed by atoms with van der Waals surface area (Å²) in [4.78, 5) is 10.1. The van der Waals surface area contributed by atoms with Crippen molar-refractivity contribution in [1.82, 2.24) is 16.0 Å². The summed E-state index contributed by atoms with van der Waals surface area (Å²) in [5, 5.41) is 7.75. The molecule has 13 heavy (non-hydrogen) atoms. The van der Waals surface area contributed by atoms with E-state index in [0.29, 0.717) is 6.41 Å². The SMILES string of the molecule is CNC(=S)NC(NC=O)C(Cl)(Cl)Cl. The molecule has 0 aliphatic heterocycles. The lowest BCUT2D eigenvalue weighted by Gasteiger charge is -2.25. The summed E-state index contributed by atoms with van der Waals surface area (Å²) in [6.07, 6.45) is -0.451. The molecular formula is C5H8Cl3N3OS. The van der Waals surface area contributed by atoms with Gasteiger partial charge in [0.15, 0.2) is 5.11 Å². The Labute approximate surface area is 96.3 Å². The van der Waals surface area contributed by atoms with Gasteiger partial charge in [-0.2, -0.15) is 0 Å². The van der Waals surface area contributed by atoms with Crippen LogP contribution in [0.1, 0.15) is 0 Å². The Balaban J connectivity index is 4.26. The monoisotopic (exact) mass is 263 g/mol. The normalized spacial score (nSPS) is 12.9. The van der Waals surface area contributed by atoms with Gasteiger partial charge in [-0.3, -0.25) is 4.79 Å². The molecule has 4 nitrogen and oxygen atoms in total. The van der Waals surface area contributed by atoms with Gasteiger partial charge in [-0.25, -0.2) is 0 Å². The average Bonchev–Trinajstić information content (AvgIpc) is 2.01. The minimum Gasteiger partial charge on any atom is -0.366 e. The van der Waals surface area contributed by atoms with Crippen LogP contribution in [-0.4, -0.2) is 28.5 Å². The lowest BCUT2D eigenvalue weighted by atomic mass is 10.5. The van der Waals surface area contributed by atoms with Gasteiger partial charge in [0.1, 0.15) is 6.17 Å². The molecule has 0 rings (SSSR count). The number of amides is 1. The Morgan fingerprint density at radius 2 is 2.08 bits per heavy atom. The molecule has 0 radical (unpaired) electrons. The van der Waals surface area contributed by atoms with Gasteiger partial charge in [-0.05, 0) is 12.2 Å². The van der Waals surface area contributed by atoms with Gasteiger partial charge in [0, 0.05) is 7.05 Å².